The molecule has 0 unspecified atom stereocenters. The van der Waals surface area contributed by atoms with Crippen molar-refractivity contribution in [1.82, 2.24) is 9.55 Å². The van der Waals surface area contributed by atoms with Crippen LogP contribution in [0.4, 0.5) is 11.5 Å². The number of nitrogens with zero attached hydrogens (tertiary/aromatic N) is 3. The van der Waals surface area contributed by atoms with Crippen molar-refractivity contribution in [3.05, 3.63) is 86.6 Å². The summed E-state index contributed by atoms with van der Waals surface area (Å²) >= 11 is 0. The lowest BCUT2D eigenvalue weighted by Gasteiger charge is -2.24. The van der Waals surface area contributed by atoms with E-state index < -0.39 is 36.3 Å². The average Bonchev–Trinajstić information content (AvgIpc) is 2.88. The molecule has 186 valence electrons. The first-order chi connectivity index (χ1) is 17.3. The summed E-state index contributed by atoms with van der Waals surface area (Å²) in [6.07, 6.45) is 0.463. The third-order valence-corrected chi connectivity index (χ3v) is 5.13. The first kappa shape index (κ1) is 25.8. The van der Waals surface area contributed by atoms with E-state index in [1.54, 1.807) is 43.3 Å². The van der Waals surface area contributed by atoms with E-state index in [0.717, 1.165) is 15.0 Å². The Morgan fingerprint density at radius 3 is 2.47 bits per heavy atom. The molecule has 0 radical (unpaired) electrons. The van der Waals surface area contributed by atoms with Gasteiger partial charge in [0.25, 0.3) is 11.5 Å². The number of hydrogen-bond donors (Lipinski definition) is 2. The Balaban J connectivity index is 1.75. The van der Waals surface area contributed by atoms with Crippen LogP contribution in [0, 0.1) is 11.3 Å². The third kappa shape index (κ3) is 6.18. The Labute approximate surface area is 206 Å². The number of amides is 1. The molecule has 0 aliphatic carbocycles. The van der Waals surface area contributed by atoms with Crippen molar-refractivity contribution in [2.75, 3.05) is 30.4 Å². The zero-order chi connectivity index (χ0) is 26.1. The van der Waals surface area contributed by atoms with Crippen LogP contribution < -0.4 is 26.6 Å². The number of nitriles is 1. The predicted octanol–water partition coefficient (Wildman–Crippen LogP) is 1.40. The van der Waals surface area contributed by atoms with Gasteiger partial charge in [-0.15, -0.1) is 0 Å². The molecule has 0 atom stereocenters. The predicted molar refractivity (Wildman–Crippen MR) is 132 cm³/mol. The quantitative estimate of drug-likeness (QED) is 0.402. The molecule has 0 saturated heterocycles. The highest BCUT2D eigenvalue weighted by Gasteiger charge is 2.25. The van der Waals surface area contributed by atoms with Gasteiger partial charge in [-0.3, -0.25) is 19.1 Å². The number of carbonyl (C=O) groups excluding carboxylic acids is 2. The van der Waals surface area contributed by atoms with E-state index in [0.29, 0.717) is 6.42 Å². The Bertz CT molecular complexity index is 1390. The highest BCUT2D eigenvalue weighted by atomic mass is 16.6. The first-order valence-corrected chi connectivity index (χ1v) is 11.1. The number of para-hydroxylation sites is 1. The van der Waals surface area contributed by atoms with Gasteiger partial charge in [-0.2, -0.15) is 5.26 Å². The maximum atomic E-state index is 12.9. The minimum Gasteiger partial charge on any atom is -0.481 e. The molecule has 36 heavy (non-hydrogen) atoms. The molecule has 3 aromatic rings. The van der Waals surface area contributed by atoms with Crippen LogP contribution in [-0.4, -0.2) is 41.2 Å². The second-order valence-corrected chi connectivity index (χ2v) is 7.67. The van der Waals surface area contributed by atoms with Crippen LogP contribution in [-0.2, 0) is 20.9 Å². The summed E-state index contributed by atoms with van der Waals surface area (Å²) in [4.78, 5) is 53.5. The van der Waals surface area contributed by atoms with E-state index in [4.69, 9.17) is 20.5 Å². The first-order valence-electron chi connectivity index (χ1n) is 11.1. The summed E-state index contributed by atoms with van der Waals surface area (Å²) in [5, 5.41) is 9.09. The van der Waals surface area contributed by atoms with Gasteiger partial charge in [-0.25, -0.2) is 9.59 Å². The zero-order valence-electron chi connectivity index (χ0n) is 19.6. The molecule has 1 aromatic heterocycles. The Kier molecular flexibility index (Phi) is 8.61. The molecule has 3 N–H and O–H groups in total. The van der Waals surface area contributed by atoms with E-state index in [1.807, 2.05) is 12.1 Å². The van der Waals surface area contributed by atoms with Crippen LogP contribution in [0.3, 0.4) is 0 Å². The minimum absolute atomic E-state index is 0.0833. The molecule has 1 amide bonds. The van der Waals surface area contributed by atoms with Gasteiger partial charge in [0.05, 0.1) is 12.1 Å². The van der Waals surface area contributed by atoms with Crippen molar-refractivity contribution in [3.8, 4) is 11.8 Å². The van der Waals surface area contributed by atoms with E-state index in [1.165, 1.54) is 12.1 Å². The summed E-state index contributed by atoms with van der Waals surface area (Å²) in [6, 6.07) is 17.3. The van der Waals surface area contributed by atoms with E-state index in [9.17, 15) is 19.2 Å². The molecule has 11 heteroatoms. The summed E-state index contributed by atoms with van der Waals surface area (Å²) in [5.41, 5.74) is 5.46. The molecular weight excluding hydrogens is 466 g/mol. The molecule has 11 nitrogen and oxygen atoms in total. The highest BCUT2D eigenvalue weighted by molar-refractivity contribution is 5.97. The zero-order valence-corrected chi connectivity index (χ0v) is 19.6. The second kappa shape index (κ2) is 12.0. The largest absolute Gasteiger partial charge is 0.481 e. The third-order valence-electron chi connectivity index (χ3n) is 5.13. The van der Waals surface area contributed by atoms with Gasteiger partial charge in [0.1, 0.15) is 17.6 Å². The maximum absolute atomic E-state index is 12.9. The standard InChI is InChI=1S/C25H25N5O6/c1-2-12-29(20(31)15-36-21(32)16-35-19-11-7-6-10-18(19)13-26)22-23(27)30(25(34)28-24(22)33)14-17-8-4-3-5-9-17/h3-11H,2,12,14-16,27H2,1H3,(H,28,33,34). The molecule has 0 spiro atoms. The maximum Gasteiger partial charge on any atom is 0.344 e. The van der Waals surface area contributed by atoms with Crippen LogP contribution in [0.1, 0.15) is 24.5 Å². The number of ether oxygens (including phenoxy) is 2. The van der Waals surface area contributed by atoms with Crippen molar-refractivity contribution < 1.29 is 19.1 Å². The summed E-state index contributed by atoms with van der Waals surface area (Å²) in [7, 11) is 0. The van der Waals surface area contributed by atoms with Gasteiger partial charge in [-0.1, -0.05) is 49.4 Å². The fraction of sp³-hybridized carbons (Fsp3) is 0.240. The minimum atomic E-state index is -0.844. The Hall–Kier alpha value is -4.85. The lowest BCUT2D eigenvalue weighted by atomic mass is 10.2. The number of carbonyl (C=O) groups is 2. The second-order valence-electron chi connectivity index (χ2n) is 7.67. The smallest absolute Gasteiger partial charge is 0.344 e. The lowest BCUT2D eigenvalue weighted by Crippen LogP contribution is -2.43. The van der Waals surface area contributed by atoms with Crippen LogP contribution in [0.25, 0.3) is 0 Å². The van der Waals surface area contributed by atoms with Crippen molar-refractivity contribution in [1.29, 1.82) is 5.26 Å². The van der Waals surface area contributed by atoms with Gasteiger partial charge in [0.2, 0.25) is 0 Å². The highest BCUT2D eigenvalue weighted by Crippen LogP contribution is 2.19. The van der Waals surface area contributed by atoms with Crippen molar-refractivity contribution in [2.24, 2.45) is 0 Å². The number of nitrogens with two attached hydrogens (primary N) is 1. The molecule has 0 saturated carbocycles. The molecule has 0 fully saturated rings. The number of esters is 1. The molecule has 0 aliphatic heterocycles. The van der Waals surface area contributed by atoms with E-state index in [-0.39, 0.29) is 35.9 Å². The number of nitrogen functional groups attached to an aromatic ring is 1. The van der Waals surface area contributed by atoms with Gasteiger partial charge in [0.15, 0.2) is 18.9 Å². The molecule has 0 aliphatic rings. The van der Waals surface area contributed by atoms with Crippen molar-refractivity contribution in [3.63, 3.8) is 0 Å². The number of hydrogen-bond acceptors (Lipinski definition) is 8. The van der Waals surface area contributed by atoms with Gasteiger partial charge in [-0.05, 0) is 24.1 Å². The summed E-state index contributed by atoms with van der Waals surface area (Å²) in [6.45, 7) is 0.763. The molecule has 1 heterocycles. The van der Waals surface area contributed by atoms with E-state index >= 15 is 0 Å². The van der Waals surface area contributed by atoms with Crippen molar-refractivity contribution in [2.45, 2.75) is 19.9 Å². The van der Waals surface area contributed by atoms with Gasteiger partial charge < -0.3 is 20.1 Å². The number of aromatic nitrogens is 2. The molecule has 0 bridgehead atoms. The van der Waals surface area contributed by atoms with Crippen LogP contribution in [0.2, 0.25) is 0 Å². The SMILES string of the molecule is CCCN(C(=O)COC(=O)COc1ccccc1C#N)c1c(N)n(Cc2ccccc2)c(=O)[nH]c1=O. The molecule has 2 aromatic carbocycles. The van der Waals surface area contributed by atoms with Crippen molar-refractivity contribution >= 4 is 23.4 Å². The number of anilines is 2. The Morgan fingerprint density at radius 1 is 1.08 bits per heavy atom. The number of benzene rings is 2. The van der Waals surface area contributed by atoms with Gasteiger partial charge in [0, 0.05) is 6.54 Å². The van der Waals surface area contributed by atoms with Gasteiger partial charge >= 0.3 is 11.7 Å². The monoisotopic (exact) mass is 491 g/mol. The van der Waals surface area contributed by atoms with Crippen LogP contribution in [0.5, 0.6) is 5.75 Å². The van der Waals surface area contributed by atoms with E-state index in [2.05, 4.69) is 4.98 Å². The fourth-order valence-corrected chi connectivity index (χ4v) is 3.43. The number of nitrogens with one attached hydrogen (secondary N) is 1. The Morgan fingerprint density at radius 2 is 1.78 bits per heavy atom. The molecule has 3 rings (SSSR count). The van der Waals surface area contributed by atoms with Crippen LogP contribution in [0.15, 0.2) is 64.2 Å². The topological polar surface area (TPSA) is 161 Å². The van der Waals surface area contributed by atoms with Crippen LogP contribution >= 0.6 is 0 Å². The fourth-order valence-electron chi connectivity index (χ4n) is 3.43. The normalized spacial score (nSPS) is 10.3. The average molecular weight is 492 g/mol. The number of H-pyrrole nitrogens is 1. The lowest BCUT2D eigenvalue weighted by molar-refractivity contribution is -0.149. The molecular formula is C25H25N5O6. The number of rotatable bonds is 10. The number of aromatic amines is 1. The summed E-state index contributed by atoms with van der Waals surface area (Å²) in [5.74, 6) is -1.53. The summed E-state index contributed by atoms with van der Waals surface area (Å²) < 4.78 is 11.5.